The molecule has 0 spiro atoms. The summed E-state index contributed by atoms with van der Waals surface area (Å²) in [5.41, 5.74) is 5.17. The van der Waals surface area contributed by atoms with Crippen molar-refractivity contribution in [3.63, 3.8) is 0 Å². The summed E-state index contributed by atoms with van der Waals surface area (Å²) in [6.45, 7) is 0. The molecule has 2 aromatic rings. The van der Waals surface area contributed by atoms with E-state index in [0.717, 1.165) is 15.9 Å². The molecule has 0 bridgehead atoms. The molecule has 0 heterocycles. The number of fused-ring (bicyclic) bond motifs is 3. The van der Waals surface area contributed by atoms with Crippen molar-refractivity contribution < 1.29 is 0 Å². The van der Waals surface area contributed by atoms with Gasteiger partial charge in [0, 0.05) is 15.1 Å². The number of rotatable bonds is 0. The average Bonchev–Trinajstić information content (AvgIpc) is 2.54. The van der Waals surface area contributed by atoms with Crippen LogP contribution in [0.25, 0.3) is 11.1 Å². The van der Waals surface area contributed by atoms with Gasteiger partial charge in [0.2, 0.25) is 0 Å². The van der Waals surface area contributed by atoms with Gasteiger partial charge in [0.15, 0.2) is 0 Å². The fourth-order valence-corrected chi connectivity index (χ4v) is 3.17. The summed E-state index contributed by atoms with van der Waals surface area (Å²) in [7, 11) is 0. The van der Waals surface area contributed by atoms with E-state index in [1.807, 2.05) is 6.07 Å². The van der Waals surface area contributed by atoms with Crippen LogP contribution in [0.2, 0.25) is 5.02 Å². The molecule has 74 valence electrons. The Bertz CT molecular complexity index is 546. The minimum atomic E-state index is 0.837. The highest BCUT2D eigenvalue weighted by molar-refractivity contribution is 9.10. The fraction of sp³-hybridized carbons (Fsp3) is 0.0769. The van der Waals surface area contributed by atoms with Crippen LogP contribution in [0.4, 0.5) is 0 Å². The number of halogens is 2. The van der Waals surface area contributed by atoms with Gasteiger partial charge >= 0.3 is 0 Å². The molecule has 0 aliphatic heterocycles. The number of hydrogen-bond acceptors (Lipinski definition) is 0. The molecule has 0 unspecified atom stereocenters. The van der Waals surface area contributed by atoms with Crippen molar-refractivity contribution in [1.82, 2.24) is 0 Å². The topological polar surface area (TPSA) is 0 Å². The molecular weight excluding hydrogens is 272 g/mol. The van der Waals surface area contributed by atoms with E-state index in [1.54, 1.807) is 0 Å². The molecular formula is C13H8BrCl. The Morgan fingerprint density at radius 3 is 2.73 bits per heavy atom. The van der Waals surface area contributed by atoms with Crippen LogP contribution in [0.1, 0.15) is 11.1 Å². The third-order valence-electron chi connectivity index (χ3n) is 2.80. The van der Waals surface area contributed by atoms with Gasteiger partial charge in [-0.1, -0.05) is 51.8 Å². The van der Waals surface area contributed by atoms with Crippen molar-refractivity contribution in [1.29, 1.82) is 0 Å². The molecule has 0 atom stereocenters. The summed E-state index contributed by atoms with van der Waals surface area (Å²) >= 11 is 9.75. The Hall–Kier alpha value is -0.790. The van der Waals surface area contributed by atoms with Gasteiger partial charge in [0.05, 0.1) is 0 Å². The Labute approximate surface area is 102 Å². The number of hydrogen-bond donors (Lipinski definition) is 0. The van der Waals surface area contributed by atoms with Gasteiger partial charge in [0.1, 0.15) is 0 Å². The van der Waals surface area contributed by atoms with Crippen molar-refractivity contribution in [2.75, 3.05) is 0 Å². The van der Waals surface area contributed by atoms with Crippen LogP contribution in [0.3, 0.4) is 0 Å². The van der Waals surface area contributed by atoms with Crippen molar-refractivity contribution >= 4 is 27.5 Å². The molecule has 0 aromatic heterocycles. The van der Waals surface area contributed by atoms with Gasteiger partial charge in [-0.05, 0) is 35.2 Å². The number of benzene rings is 2. The SMILES string of the molecule is Clc1cc(Br)cc2c1-c1ccccc1C2. The Morgan fingerprint density at radius 2 is 1.87 bits per heavy atom. The second-order valence-corrected chi connectivity index (χ2v) is 5.08. The molecule has 2 aromatic carbocycles. The van der Waals surface area contributed by atoms with E-state index >= 15 is 0 Å². The van der Waals surface area contributed by atoms with E-state index in [0.29, 0.717) is 0 Å². The first-order valence-corrected chi connectivity index (χ1v) is 5.99. The predicted molar refractivity (Wildman–Crippen MR) is 67.4 cm³/mol. The van der Waals surface area contributed by atoms with Gasteiger partial charge in [-0.3, -0.25) is 0 Å². The van der Waals surface area contributed by atoms with Crippen LogP contribution in [0.5, 0.6) is 0 Å². The first-order valence-electron chi connectivity index (χ1n) is 4.82. The van der Waals surface area contributed by atoms with Crippen molar-refractivity contribution in [2.45, 2.75) is 6.42 Å². The zero-order valence-electron chi connectivity index (χ0n) is 7.93. The van der Waals surface area contributed by atoms with Gasteiger partial charge in [-0.2, -0.15) is 0 Å². The van der Waals surface area contributed by atoms with E-state index in [1.165, 1.54) is 22.3 Å². The third-order valence-corrected chi connectivity index (χ3v) is 3.56. The summed E-state index contributed by atoms with van der Waals surface area (Å²) in [5.74, 6) is 0. The van der Waals surface area contributed by atoms with Gasteiger partial charge < -0.3 is 0 Å². The summed E-state index contributed by atoms with van der Waals surface area (Å²) in [6.07, 6.45) is 0.991. The molecule has 0 radical (unpaired) electrons. The largest absolute Gasteiger partial charge is 0.0836 e. The second kappa shape index (κ2) is 3.36. The minimum Gasteiger partial charge on any atom is -0.0836 e. The molecule has 0 N–H and O–H groups in total. The van der Waals surface area contributed by atoms with Crippen molar-refractivity contribution in [3.05, 3.63) is 57.0 Å². The molecule has 3 rings (SSSR count). The highest BCUT2D eigenvalue weighted by Gasteiger charge is 2.20. The zero-order valence-corrected chi connectivity index (χ0v) is 10.3. The third kappa shape index (κ3) is 1.42. The molecule has 2 heteroatoms. The lowest BCUT2D eigenvalue weighted by molar-refractivity contribution is 1.26. The van der Waals surface area contributed by atoms with E-state index in [2.05, 4.69) is 46.3 Å². The summed E-state index contributed by atoms with van der Waals surface area (Å²) in [6, 6.07) is 12.6. The van der Waals surface area contributed by atoms with Crippen molar-refractivity contribution in [2.24, 2.45) is 0 Å². The summed E-state index contributed by atoms with van der Waals surface area (Å²) < 4.78 is 1.05. The van der Waals surface area contributed by atoms with Gasteiger partial charge in [-0.25, -0.2) is 0 Å². The highest BCUT2D eigenvalue weighted by atomic mass is 79.9. The minimum absolute atomic E-state index is 0.837. The van der Waals surface area contributed by atoms with Crippen LogP contribution in [0, 0.1) is 0 Å². The quantitative estimate of drug-likeness (QED) is 0.561. The van der Waals surface area contributed by atoms with E-state index < -0.39 is 0 Å². The average molecular weight is 280 g/mol. The van der Waals surface area contributed by atoms with Crippen LogP contribution in [0.15, 0.2) is 40.9 Å². The highest BCUT2D eigenvalue weighted by Crippen LogP contribution is 2.42. The molecule has 0 fully saturated rings. The van der Waals surface area contributed by atoms with Gasteiger partial charge in [0.25, 0.3) is 0 Å². The Morgan fingerprint density at radius 1 is 1.07 bits per heavy atom. The normalized spacial score (nSPS) is 12.4. The standard InChI is InChI=1S/C13H8BrCl/c14-10-6-9-5-8-3-1-2-4-11(8)13(9)12(15)7-10/h1-4,6-7H,5H2. The summed E-state index contributed by atoms with van der Waals surface area (Å²) in [4.78, 5) is 0. The van der Waals surface area contributed by atoms with Gasteiger partial charge in [-0.15, -0.1) is 0 Å². The molecule has 1 aliphatic rings. The van der Waals surface area contributed by atoms with E-state index in [9.17, 15) is 0 Å². The second-order valence-electron chi connectivity index (χ2n) is 3.76. The van der Waals surface area contributed by atoms with Crippen molar-refractivity contribution in [3.8, 4) is 11.1 Å². The first-order chi connectivity index (χ1) is 7.25. The van der Waals surface area contributed by atoms with E-state index in [-0.39, 0.29) is 0 Å². The lowest BCUT2D eigenvalue weighted by atomic mass is 10.1. The van der Waals surface area contributed by atoms with Crippen LogP contribution in [-0.2, 0) is 6.42 Å². The maximum Gasteiger partial charge on any atom is 0.0498 e. The molecule has 0 nitrogen and oxygen atoms in total. The maximum atomic E-state index is 6.27. The Balaban J connectivity index is 2.33. The lowest BCUT2D eigenvalue weighted by Gasteiger charge is -2.04. The first kappa shape index (κ1) is 9.44. The lowest BCUT2D eigenvalue weighted by Crippen LogP contribution is -1.81. The van der Waals surface area contributed by atoms with Crippen LogP contribution < -0.4 is 0 Å². The monoisotopic (exact) mass is 278 g/mol. The van der Waals surface area contributed by atoms with Crippen LogP contribution >= 0.6 is 27.5 Å². The molecule has 1 aliphatic carbocycles. The molecule has 0 amide bonds. The maximum absolute atomic E-state index is 6.27. The predicted octanol–water partition coefficient (Wildman–Crippen LogP) is 4.67. The summed E-state index contributed by atoms with van der Waals surface area (Å²) in [5, 5.41) is 0.837. The molecule has 0 saturated carbocycles. The molecule has 0 saturated heterocycles. The molecule has 15 heavy (non-hydrogen) atoms. The zero-order chi connectivity index (χ0) is 10.4. The smallest absolute Gasteiger partial charge is 0.0498 e. The van der Waals surface area contributed by atoms with Crippen LogP contribution in [-0.4, -0.2) is 0 Å². The van der Waals surface area contributed by atoms with E-state index in [4.69, 9.17) is 11.6 Å². The Kier molecular flexibility index (Phi) is 2.11. The fourth-order valence-electron chi connectivity index (χ4n) is 2.19.